The number of piperidine rings is 1. The summed E-state index contributed by atoms with van der Waals surface area (Å²) in [5, 5.41) is 0. The number of nitrogens with two attached hydrogens (primary N) is 1. The Morgan fingerprint density at radius 3 is 2.60 bits per heavy atom. The Kier molecular flexibility index (Phi) is 5.01. The van der Waals surface area contributed by atoms with E-state index in [9.17, 15) is 4.79 Å². The van der Waals surface area contributed by atoms with Gasteiger partial charge in [0.25, 0.3) is 0 Å². The zero-order chi connectivity index (χ0) is 14.5. The molecular formula is C16H25N3O. The predicted octanol–water partition coefficient (Wildman–Crippen LogP) is 1.98. The first kappa shape index (κ1) is 14.9. The fourth-order valence-electron chi connectivity index (χ4n) is 2.71. The van der Waals surface area contributed by atoms with Gasteiger partial charge in [0.15, 0.2) is 0 Å². The number of nitrogens with zero attached hydrogens (tertiary/aromatic N) is 2. The minimum atomic E-state index is -0.275. The Bertz CT molecular complexity index is 455. The van der Waals surface area contributed by atoms with Gasteiger partial charge in [0, 0.05) is 25.3 Å². The largest absolute Gasteiger partial charge is 0.371 e. The number of anilines is 1. The second kappa shape index (κ2) is 6.75. The van der Waals surface area contributed by atoms with Gasteiger partial charge < -0.3 is 10.6 Å². The molecule has 1 aliphatic rings. The number of rotatable bonds is 5. The average molecular weight is 275 g/mol. The number of para-hydroxylation sites is 1. The quantitative estimate of drug-likeness (QED) is 0.894. The summed E-state index contributed by atoms with van der Waals surface area (Å²) < 4.78 is 0. The number of likely N-dealkylation sites (N-methyl/N-ethyl adjacent to an activating group) is 1. The molecule has 0 aliphatic carbocycles. The number of hydrogen-bond donors (Lipinski definition) is 1. The lowest BCUT2D eigenvalue weighted by Crippen LogP contribution is -2.40. The van der Waals surface area contributed by atoms with Gasteiger partial charge in [-0.1, -0.05) is 18.2 Å². The molecule has 1 atom stereocenters. The fourth-order valence-corrected chi connectivity index (χ4v) is 2.71. The molecule has 0 spiro atoms. The second-order valence-corrected chi connectivity index (χ2v) is 5.67. The molecule has 0 unspecified atom stereocenters. The van der Waals surface area contributed by atoms with Crippen LogP contribution in [0.1, 0.15) is 31.7 Å². The van der Waals surface area contributed by atoms with Gasteiger partial charge in [-0.3, -0.25) is 9.69 Å². The molecule has 2 N–H and O–H groups in total. The van der Waals surface area contributed by atoms with Crippen molar-refractivity contribution >= 4 is 11.6 Å². The van der Waals surface area contributed by atoms with Crippen LogP contribution in [0.4, 0.5) is 5.69 Å². The molecule has 1 aromatic rings. The summed E-state index contributed by atoms with van der Waals surface area (Å²) in [6.45, 7) is 4.86. The van der Waals surface area contributed by atoms with E-state index in [1.807, 2.05) is 18.9 Å². The van der Waals surface area contributed by atoms with E-state index in [4.69, 9.17) is 5.73 Å². The maximum Gasteiger partial charge on any atom is 0.234 e. The Morgan fingerprint density at radius 1 is 1.30 bits per heavy atom. The molecular weight excluding hydrogens is 250 g/mol. The van der Waals surface area contributed by atoms with Gasteiger partial charge in [-0.2, -0.15) is 0 Å². The summed E-state index contributed by atoms with van der Waals surface area (Å²) in [5.41, 5.74) is 7.95. The molecule has 0 aromatic heterocycles. The van der Waals surface area contributed by atoms with Crippen LogP contribution >= 0.6 is 0 Å². The highest BCUT2D eigenvalue weighted by molar-refractivity contribution is 5.79. The van der Waals surface area contributed by atoms with Crippen LogP contribution < -0.4 is 10.6 Å². The SMILES string of the molecule is C[C@H](C(N)=O)N(C)Cc1ccccc1N1CCCCC1. The lowest BCUT2D eigenvalue weighted by atomic mass is 10.1. The van der Waals surface area contributed by atoms with Crippen molar-refractivity contribution in [1.29, 1.82) is 0 Å². The molecule has 110 valence electrons. The molecule has 1 fully saturated rings. The molecule has 4 nitrogen and oxygen atoms in total. The highest BCUT2D eigenvalue weighted by atomic mass is 16.1. The number of benzene rings is 1. The van der Waals surface area contributed by atoms with E-state index in [0.717, 1.165) is 19.6 Å². The number of carbonyl (C=O) groups excluding carboxylic acids is 1. The molecule has 1 aromatic carbocycles. The minimum absolute atomic E-state index is 0.246. The van der Waals surface area contributed by atoms with Gasteiger partial charge in [0.1, 0.15) is 0 Å². The molecule has 2 rings (SSSR count). The Hall–Kier alpha value is -1.55. The Balaban J connectivity index is 2.13. The van der Waals surface area contributed by atoms with Crippen molar-refractivity contribution in [2.45, 2.75) is 38.8 Å². The maximum atomic E-state index is 11.3. The molecule has 1 amide bonds. The van der Waals surface area contributed by atoms with E-state index in [1.165, 1.54) is 30.5 Å². The summed E-state index contributed by atoms with van der Waals surface area (Å²) in [6, 6.07) is 8.23. The van der Waals surface area contributed by atoms with E-state index < -0.39 is 0 Å². The lowest BCUT2D eigenvalue weighted by Gasteiger charge is -2.32. The highest BCUT2D eigenvalue weighted by Gasteiger charge is 2.18. The summed E-state index contributed by atoms with van der Waals surface area (Å²) in [6.07, 6.45) is 3.86. The van der Waals surface area contributed by atoms with Gasteiger partial charge >= 0.3 is 0 Å². The van der Waals surface area contributed by atoms with Gasteiger partial charge in [-0.05, 0) is 44.9 Å². The molecule has 4 heteroatoms. The standard InChI is InChI=1S/C16H25N3O/c1-13(16(17)20)18(2)12-14-8-4-5-9-15(14)19-10-6-3-7-11-19/h4-5,8-9,13H,3,6-7,10-12H2,1-2H3,(H2,17,20)/t13-/m1/s1. The first-order chi connectivity index (χ1) is 9.59. The van der Waals surface area contributed by atoms with E-state index >= 15 is 0 Å². The third kappa shape index (κ3) is 3.51. The van der Waals surface area contributed by atoms with Crippen molar-refractivity contribution in [2.75, 3.05) is 25.0 Å². The molecule has 1 heterocycles. The van der Waals surface area contributed by atoms with Crippen LogP contribution in [-0.2, 0) is 11.3 Å². The Labute approximate surface area is 121 Å². The zero-order valence-electron chi connectivity index (χ0n) is 12.5. The summed E-state index contributed by atoms with van der Waals surface area (Å²) in [5.74, 6) is -0.275. The van der Waals surface area contributed by atoms with Gasteiger partial charge in [-0.25, -0.2) is 0 Å². The van der Waals surface area contributed by atoms with Gasteiger partial charge in [0.2, 0.25) is 5.91 Å². The predicted molar refractivity (Wildman–Crippen MR) is 82.6 cm³/mol. The third-order valence-corrected chi connectivity index (χ3v) is 4.18. The number of amides is 1. The van der Waals surface area contributed by atoms with E-state index in [2.05, 4.69) is 29.2 Å². The topological polar surface area (TPSA) is 49.6 Å². The molecule has 0 bridgehead atoms. The van der Waals surface area contributed by atoms with Crippen molar-refractivity contribution in [3.8, 4) is 0 Å². The van der Waals surface area contributed by atoms with Crippen molar-refractivity contribution in [3.63, 3.8) is 0 Å². The van der Waals surface area contributed by atoms with Crippen LogP contribution in [-0.4, -0.2) is 37.0 Å². The van der Waals surface area contributed by atoms with Crippen LogP contribution in [0.15, 0.2) is 24.3 Å². The normalized spacial score (nSPS) is 17.2. The first-order valence-corrected chi connectivity index (χ1v) is 7.42. The molecule has 0 radical (unpaired) electrons. The molecule has 1 saturated heterocycles. The average Bonchev–Trinajstić information content (AvgIpc) is 2.47. The van der Waals surface area contributed by atoms with Crippen molar-refractivity contribution in [3.05, 3.63) is 29.8 Å². The highest BCUT2D eigenvalue weighted by Crippen LogP contribution is 2.25. The van der Waals surface area contributed by atoms with Crippen molar-refractivity contribution in [1.82, 2.24) is 4.90 Å². The molecule has 20 heavy (non-hydrogen) atoms. The van der Waals surface area contributed by atoms with E-state index in [0.29, 0.717) is 0 Å². The van der Waals surface area contributed by atoms with Crippen molar-refractivity contribution in [2.24, 2.45) is 5.73 Å². The maximum absolute atomic E-state index is 11.3. The number of primary amides is 1. The molecule has 0 saturated carbocycles. The summed E-state index contributed by atoms with van der Waals surface area (Å²) in [7, 11) is 1.95. The monoisotopic (exact) mass is 275 g/mol. The van der Waals surface area contributed by atoms with Crippen molar-refractivity contribution < 1.29 is 4.79 Å². The molecule has 1 aliphatic heterocycles. The van der Waals surface area contributed by atoms with Crippen LogP contribution in [0.25, 0.3) is 0 Å². The van der Waals surface area contributed by atoms with Crippen LogP contribution in [0.3, 0.4) is 0 Å². The smallest absolute Gasteiger partial charge is 0.234 e. The van der Waals surface area contributed by atoms with Gasteiger partial charge in [-0.15, -0.1) is 0 Å². The van der Waals surface area contributed by atoms with Crippen LogP contribution in [0.5, 0.6) is 0 Å². The van der Waals surface area contributed by atoms with E-state index in [-0.39, 0.29) is 11.9 Å². The van der Waals surface area contributed by atoms with Crippen LogP contribution in [0.2, 0.25) is 0 Å². The summed E-state index contributed by atoms with van der Waals surface area (Å²) >= 11 is 0. The van der Waals surface area contributed by atoms with Gasteiger partial charge in [0.05, 0.1) is 6.04 Å². The number of carbonyl (C=O) groups is 1. The summed E-state index contributed by atoms with van der Waals surface area (Å²) in [4.78, 5) is 15.8. The fraction of sp³-hybridized carbons (Fsp3) is 0.562. The van der Waals surface area contributed by atoms with E-state index in [1.54, 1.807) is 0 Å². The second-order valence-electron chi connectivity index (χ2n) is 5.67. The zero-order valence-corrected chi connectivity index (χ0v) is 12.5. The first-order valence-electron chi connectivity index (χ1n) is 7.42. The number of hydrogen-bond acceptors (Lipinski definition) is 3. The van der Waals surface area contributed by atoms with Crippen LogP contribution in [0, 0.1) is 0 Å². The third-order valence-electron chi connectivity index (χ3n) is 4.18. The Morgan fingerprint density at radius 2 is 1.95 bits per heavy atom. The minimum Gasteiger partial charge on any atom is -0.371 e. The lowest BCUT2D eigenvalue weighted by molar-refractivity contribution is -0.122.